The third-order valence-electron chi connectivity index (χ3n) is 6.60. The molecule has 3 aliphatic heterocycles. The first-order valence-corrected chi connectivity index (χ1v) is 11.9. The first-order chi connectivity index (χ1) is 14.2. The van der Waals surface area contributed by atoms with E-state index in [9.17, 15) is 22.8 Å². The van der Waals surface area contributed by atoms with Crippen molar-refractivity contribution in [1.82, 2.24) is 15.1 Å². The summed E-state index contributed by atoms with van der Waals surface area (Å²) in [4.78, 5) is 41.0. The smallest absolute Gasteiger partial charge is 0.247 e. The van der Waals surface area contributed by atoms with Crippen molar-refractivity contribution in [2.45, 2.75) is 61.7 Å². The predicted octanol–water partition coefficient (Wildman–Crippen LogP) is 0.470. The number of amides is 3. The van der Waals surface area contributed by atoms with E-state index in [4.69, 9.17) is 0 Å². The van der Waals surface area contributed by atoms with Crippen LogP contribution in [0.4, 0.5) is 0 Å². The molecule has 30 heavy (non-hydrogen) atoms. The topological polar surface area (TPSA) is 104 Å². The fourth-order valence-electron chi connectivity index (χ4n) is 4.78. The number of hydrogen-bond acceptors (Lipinski definition) is 5. The van der Waals surface area contributed by atoms with Crippen molar-refractivity contribution in [1.29, 1.82) is 0 Å². The van der Waals surface area contributed by atoms with Crippen LogP contribution in [0.15, 0.2) is 30.3 Å². The highest BCUT2D eigenvalue weighted by Crippen LogP contribution is 2.46. The largest absolute Gasteiger partial charge is 0.354 e. The molecule has 4 rings (SSSR count). The summed E-state index contributed by atoms with van der Waals surface area (Å²) in [6, 6.07) is 8.07. The van der Waals surface area contributed by atoms with Gasteiger partial charge in [-0.25, -0.2) is 8.42 Å². The van der Waals surface area contributed by atoms with Crippen LogP contribution < -0.4 is 5.32 Å². The number of nitrogens with zero attached hydrogens (tertiary/aromatic N) is 2. The second kappa shape index (κ2) is 7.37. The Labute approximate surface area is 176 Å². The Balaban J connectivity index is 1.46. The minimum atomic E-state index is -3.65. The molecule has 1 N–H and O–H groups in total. The van der Waals surface area contributed by atoms with E-state index in [1.165, 1.54) is 23.6 Å². The second-order valence-electron chi connectivity index (χ2n) is 8.73. The van der Waals surface area contributed by atoms with Gasteiger partial charge in [-0.15, -0.1) is 0 Å². The first-order valence-electron chi connectivity index (χ1n) is 10.3. The van der Waals surface area contributed by atoms with Crippen LogP contribution in [-0.2, 0) is 30.6 Å². The van der Waals surface area contributed by atoms with E-state index >= 15 is 0 Å². The number of sulfone groups is 1. The van der Waals surface area contributed by atoms with Gasteiger partial charge in [0.1, 0.15) is 17.5 Å². The molecule has 0 spiro atoms. The summed E-state index contributed by atoms with van der Waals surface area (Å²) in [6.07, 6.45) is 1.81. The Bertz CT molecular complexity index is 976. The molecule has 0 radical (unpaired) electrons. The number of likely N-dealkylation sites (tertiary alicyclic amines) is 1. The van der Waals surface area contributed by atoms with Crippen LogP contribution in [0.25, 0.3) is 0 Å². The number of carbonyl (C=O) groups is 3. The molecule has 3 atom stereocenters. The number of fused-ring (bicyclic) bond motifs is 1. The van der Waals surface area contributed by atoms with E-state index < -0.39 is 37.9 Å². The van der Waals surface area contributed by atoms with Crippen molar-refractivity contribution in [2.75, 3.05) is 13.1 Å². The van der Waals surface area contributed by atoms with Gasteiger partial charge in [0.05, 0.1) is 11.2 Å². The molecule has 3 saturated heterocycles. The van der Waals surface area contributed by atoms with Crippen LogP contribution in [-0.4, -0.2) is 71.2 Å². The van der Waals surface area contributed by atoms with E-state index in [-0.39, 0.29) is 18.2 Å². The summed E-state index contributed by atoms with van der Waals surface area (Å²) < 4.78 is 24.2. The molecular formula is C21H27N3O5S. The SMILES string of the molecule is CC1(C)C(C(=O)N2CCCC2C(=O)NCCc2ccccc2)N2C(=O)CC2S1(=O)=O. The van der Waals surface area contributed by atoms with Gasteiger partial charge >= 0.3 is 0 Å². The average molecular weight is 434 g/mol. The monoisotopic (exact) mass is 433 g/mol. The van der Waals surface area contributed by atoms with Crippen LogP contribution in [0.2, 0.25) is 0 Å². The van der Waals surface area contributed by atoms with Gasteiger partial charge in [0.2, 0.25) is 17.7 Å². The molecule has 1 aromatic rings. The Morgan fingerprint density at radius 1 is 1.20 bits per heavy atom. The normalized spacial score (nSPS) is 28.7. The minimum Gasteiger partial charge on any atom is -0.354 e. The number of carbonyl (C=O) groups excluding carboxylic acids is 3. The molecule has 0 saturated carbocycles. The molecule has 3 unspecified atom stereocenters. The molecule has 3 heterocycles. The third kappa shape index (κ3) is 3.10. The summed E-state index contributed by atoms with van der Waals surface area (Å²) in [6.45, 7) is 3.84. The van der Waals surface area contributed by atoms with Gasteiger partial charge in [0.15, 0.2) is 9.84 Å². The van der Waals surface area contributed by atoms with Crippen molar-refractivity contribution in [2.24, 2.45) is 0 Å². The zero-order valence-corrected chi connectivity index (χ0v) is 18.0. The summed E-state index contributed by atoms with van der Waals surface area (Å²) in [5.74, 6) is -1.00. The zero-order chi connectivity index (χ0) is 21.7. The first kappa shape index (κ1) is 20.8. The highest BCUT2D eigenvalue weighted by Gasteiger charge is 2.68. The quantitative estimate of drug-likeness (QED) is 0.680. The van der Waals surface area contributed by atoms with E-state index in [2.05, 4.69) is 5.32 Å². The lowest BCUT2D eigenvalue weighted by molar-refractivity contribution is -0.155. The van der Waals surface area contributed by atoms with Gasteiger partial charge in [-0.2, -0.15) is 0 Å². The Morgan fingerprint density at radius 2 is 1.90 bits per heavy atom. The third-order valence-corrected chi connectivity index (χ3v) is 9.40. The summed E-state index contributed by atoms with van der Waals surface area (Å²) in [5, 5.41) is 1.98. The number of benzene rings is 1. The summed E-state index contributed by atoms with van der Waals surface area (Å²) >= 11 is 0. The van der Waals surface area contributed by atoms with Crippen LogP contribution >= 0.6 is 0 Å². The van der Waals surface area contributed by atoms with Crippen LogP contribution in [0.5, 0.6) is 0 Å². The molecule has 8 nitrogen and oxygen atoms in total. The van der Waals surface area contributed by atoms with Gasteiger partial charge in [-0.05, 0) is 38.7 Å². The van der Waals surface area contributed by atoms with Crippen LogP contribution in [0.3, 0.4) is 0 Å². The predicted molar refractivity (Wildman–Crippen MR) is 110 cm³/mol. The van der Waals surface area contributed by atoms with Crippen molar-refractivity contribution in [3.05, 3.63) is 35.9 Å². The van der Waals surface area contributed by atoms with E-state index in [0.29, 0.717) is 32.4 Å². The fraction of sp³-hybridized carbons (Fsp3) is 0.571. The molecule has 162 valence electrons. The highest BCUT2D eigenvalue weighted by atomic mass is 32.2. The fourth-order valence-corrected chi connectivity index (χ4v) is 6.91. The molecule has 3 aliphatic rings. The second-order valence-corrected chi connectivity index (χ2v) is 11.4. The van der Waals surface area contributed by atoms with E-state index in [1.54, 1.807) is 0 Å². The molecule has 0 aliphatic carbocycles. The number of β-lactam (4-membered cyclic amide) rings is 1. The Hall–Kier alpha value is -2.42. The molecule has 3 fully saturated rings. The molecule has 9 heteroatoms. The zero-order valence-electron chi connectivity index (χ0n) is 17.2. The van der Waals surface area contributed by atoms with Crippen molar-refractivity contribution in [3.63, 3.8) is 0 Å². The van der Waals surface area contributed by atoms with Gasteiger partial charge < -0.3 is 15.1 Å². The van der Waals surface area contributed by atoms with Crippen molar-refractivity contribution >= 4 is 27.6 Å². The van der Waals surface area contributed by atoms with Crippen LogP contribution in [0, 0.1) is 0 Å². The molecular weight excluding hydrogens is 406 g/mol. The minimum absolute atomic E-state index is 0.0705. The maximum absolute atomic E-state index is 13.4. The highest BCUT2D eigenvalue weighted by molar-refractivity contribution is 7.93. The lowest BCUT2D eigenvalue weighted by Gasteiger charge is -2.39. The summed E-state index contributed by atoms with van der Waals surface area (Å²) in [5.41, 5.74) is 1.11. The Morgan fingerprint density at radius 3 is 2.57 bits per heavy atom. The van der Waals surface area contributed by atoms with Gasteiger partial charge in [0.25, 0.3) is 0 Å². The summed E-state index contributed by atoms with van der Waals surface area (Å²) in [7, 11) is -3.65. The van der Waals surface area contributed by atoms with Crippen molar-refractivity contribution in [3.8, 4) is 0 Å². The van der Waals surface area contributed by atoms with Gasteiger partial charge in [0, 0.05) is 13.1 Å². The lowest BCUT2D eigenvalue weighted by atomic mass is 9.96. The number of rotatable bonds is 5. The number of nitrogens with one attached hydrogen (secondary N) is 1. The molecule has 0 bridgehead atoms. The van der Waals surface area contributed by atoms with Gasteiger partial charge in [-0.1, -0.05) is 30.3 Å². The molecule has 3 amide bonds. The lowest BCUT2D eigenvalue weighted by Crippen LogP contribution is -2.61. The van der Waals surface area contributed by atoms with E-state index in [0.717, 1.165) is 5.56 Å². The van der Waals surface area contributed by atoms with Gasteiger partial charge in [-0.3, -0.25) is 14.4 Å². The van der Waals surface area contributed by atoms with E-state index in [1.807, 2.05) is 30.3 Å². The average Bonchev–Trinajstić information content (AvgIpc) is 3.23. The molecule has 1 aromatic carbocycles. The Kier molecular flexibility index (Phi) is 5.12. The van der Waals surface area contributed by atoms with Crippen molar-refractivity contribution < 1.29 is 22.8 Å². The maximum atomic E-state index is 13.4. The maximum Gasteiger partial charge on any atom is 0.247 e. The van der Waals surface area contributed by atoms with Crippen LogP contribution in [0.1, 0.15) is 38.7 Å². The molecule has 0 aromatic heterocycles. The standard InChI is InChI=1S/C21H27N3O5S/c1-21(2)18(24-16(25)13-17(24)30(21,28)29)20(27)23-12-6-9-15(23)19(26)22-11-10-14-7-4-3-5-8-14/h3-5,7-8,15,17-18H,6,9-13H2,1-2H3,(H,22,26). The number of hydrogen-bond donors (Lipinski definition) is 1.